The summed E-state index contributed by atoms with van der Waals surface area (Å²) < 4.78 is 1.79. The van der Waals surface area contributed by atoms with E-state index in [2.05, 4.69) is 12.0 Å². The van der Waals surface area contributed by atoms with Gasteiger partial charge in [0.15, 0.2) is 0 Å². The average molecular weight is 429 g/mol. The number of hydrogen-bond donors (Lipinski definition) is 0. The van der Waals surface area contributed by atoms with Crippen LogP contribution in [0.1, 0.15) is 63.5 Å². The highest BCUT2D eigenvalue weighted by atomic mass is 16.2. The Bertz CT molecular complexity index is 1160. The second-order valence-electron chi connectivity index (χ2n) is 8.87. The Balaban J connectivity index is 1.34. The summed E-state index contributed by atoms with van der Waals surface area (Å²) in [6.45, 7) is 7.42. The van der Waals surface area contributed by atoms with Crippen LogP contribution < -0.4 is 0 Å². The molecule has 1 aromatic heterocycles. The van der Waals surface area contributed by atoms with E-state index in [4.69, 9.17) is 0 Å². The molecule has 1 atom stereocenters. The largest absolute Gasteiger partial charge is 0.338 e. The molecule has 2 aliphatic heterocycles. The van der Waals surface area contributed by atoms with Gasteiger partial charge < -0.3 is 9.80 Å². The van der Waals surface area contributed by atoms with Gasteiger partial charge in [0, 0.05) is 30.3 Å². The minimum Gasteiger partial charge on any atom is -0.338 e. The first kappa shape index (κ1) is 20.5. The van der Waals surface area contributed by atoms with Crippen molar-refractivity contribution in [3.05, 3.63) is 82.7 Å². The number of piperidine rings is 1. The molecule has 1 fully saturated rings. The zero-order valence-electron chi connectivity index (χ0n) is 18.8. The molecule has 1 unspecified atom stereocenters. The number of amides is 2. The van der Waals surface area contributed by atoms with Crippen molar-refractivity contribution in [2.24, 2.45) is 0 Å². The number of nitrogens with zero attached hydrogens (tertiary/aromatic N) is 4. The van der Waals surface area contributed by atoms with Gasteiger partial charge in [-0.05, 0) is 57.9 Å². The number of rotatable bonds is 3. The van der Waals surface area contributed by atoms with Gasteiger partial charge in [-0.3, -0.25) is 9.59 Å². The fraction of sp³-hybridized carbons (Fsp3) is 0.346. The second-order valence-corrected chi connectivity index (χ2v) is 8.87. The summed E-state index contributed by atoms with van der Waals surface area (Å²) in [5, 5.41) is 4.67. The van der Waals surface area contributed by atoms with Crippen LogP contribution in [0.15, 0.2) is 54.6 Å². The standard InChI is InChI=1S/C26H28N4O2/c1-17-9-11-20(12-10-17)25(31)28-15-13-21(14-16-28)29-19(3)23-18(2)27-30(24(23)26(29)32)22-7-5-4-6-8-22/h4-12,19,21H,13-16H2,1-3H3. The van der Waals surface area contributed by atoms with E-state index in [0.29, 0.717) is 18.8 Å². The zero-order valence-corrected chi connectivity index (χ0v) is 18.8. The van der Waals surface area contributed by atoms with E-state index >= 15 is 0 Å². The summed E-state index contributed by atoms with van der Waals surface area (Å²) in [4.78, 5) is 30.4. The molecule has 5 rings (SSSR count). The third kappa shape index (κ3) is 3.30. The van der Waals surface area contributed by atoms with Crippen molar-refractivity contribution in [1.29, 1.82) is 0 Å². The number of aromatic nitrogens is 2. The number of aryl methyl sites for hydroxylation is 2. The Morgan fingerprint density at radius 3 is 2.28 bits per heavy atom. The Kier molecular flexibility index (Phi) is 5.08. The van der Waals surface area contributed by atoms with Crippen molar-refractivity contribution in [3.8, 4) is 5.69 Å². The van der Waals surface area contributed by atoms with E-state index in [0.717, 1.165) is 40.9 Å². The molecule has 2 amide bonds. The average Bonchev–Trinajstić information content (AvgIpc) is 3.30. The molecule has 32 heavy (non-hydrogen) atoms. The van der Waals surface area contributed by atoms with Gasteiger partial charge in [0.2, 0.25) is 0 Å². The zero-order chi connectivity index (χ0) is 22.4. The number of carbonyl (C=O) groups is 2. The number of para-hydroxylation sites is 1. The first-order chi connectivity index (χ1) is 15.5. The van der Waals surface area contributed by atoms with E-state index in [9.17, 15) is 9.59 Å². The fourth-order valence-corrected chi connectivity index (χ4v) is 5.15. The fourth-order valence-electron chi connectivity index (χ4n) is 5.15. The van der Waals surface area contributed by atoms with Crippen LogP contribution >= 0.6 is 0 Å². The maximum Gasteiger partial charge on any atom is 0.273 e. The van der Waals surface area contributed by atoms with E-state index in [1.165, 1.54) is 0 Å². The molecular weight excluding hydrogens is 400 g/mol. The summed E-state index contributed by atoms with van der Waals surface area (Å²) in [7, 11) is 0. The third-order valence-corrected chi connectivity index (χ3v) is 6.82. The van der Waals surface area contributed by atoms with Crippen LogP contribution in [0.3, 0.4) is 0 Å². The smallest absolute Gasteiger partial charge is 0.273 e. The molecule has 0 spiro atoms. The van der Waals surface area contributed by atoms with Crippen LogP contribution in [0, 0.1) is 13.8 Å². The van der Waals surface area contributed by atoms with E-state index < -0.39 is 0 Å². The molecular formula is C26H28N4O2. The van der Waals surface area contributed by atoms with E-state index in [1.54, 1.807) is 4.68 Å². The normalized spacial score (nSPS) is 18.8. The molecule has 3 heterocycles. The molecule has 2 aliphatic rings. The maximum absolute atomic E-state index is 13.6. The maximum atomic E-state index is 13.6. The summed E-state index contributed by atoms with van der Waals surface area (Å²) in [6, 6.07) is 17.7. The van der Waals surface area contributed by atoms with Gasteiger partial charge in [-0.2, -0.15) is 5.10 Å². The van der Waals surface area contributed by atoms with E-state index in [-0.39, 0.29) is 23.9 Å². The van der Waals surface area contributed by atoms with Gasteiger partial charge in [0.1, 0.15) is 5.69 Å². The first-order valence-electron chi connectivity index (χ1n) is 11.3. The lowest BCUT2D eigenvalue weighted by atomic mass is 10.0. The van der Waals surface area contributed by atoms with Crippen LogP contribution in [0.4, 0.5) is 0 Å². The predicted octanol–water partition coefficient (Wildman–Crippen LogP) is 4.31. The lowest BCUT2D eigenvalue weighted by molar-refractivity contribution is 0.0470. The van der Waals surface area contributed by atoms with Gasteiger partial charge in [-0.15, -0.1) is 0 Å². The summed E-state index contributed by atoms with van der Waals surface area (Å²) in [6.07, 6.45) is 1.57. The Morgan fingerprint density at radius 1 is 0.969 bits per heavy atom. The summed E-state index contributed by atoms with van der Waals surface area (Å²) in [5.74, 6) is 0.114. The highest BCUT2D eigenvalue weighted by Gasteiger charge is 2.44. The van der Waals surface area contributed by atoms with Crippen molar-refractivity contribution < 1.29 is 9.59 Å². The molecule has 0 aliphatic carbocycles. The van der Waals surface area contributed by atoms with Crippen LogP contribution in [0.2, 0.25) is 0 Å². The van der Waals surface area contributed by atoms with Crippen molar-refractivity contribution in [3.63, 3.8) is 0 Å². The van der Waals surface area contributed by atoms with Gasteiger partial charge in [-0.1, -0.05) is 35.9 Å². The topological polar surface area (TPSA) is 58.4 Å². The molecule has 164 valence electrons. The summed E-state index contributed by atoms with van der Waals surface area (Å²) in [5.41, 5.74) is 5.38. The van der Waals surface area contributed by atoms with Crippen LogP contribution in [-0.2, 0) is 0 Å². The number of hydrogen-bond acceptors (Lipinski definition) is 3. The summed E-state index contributed by atoms with van der Waals surface area (Å²) >= 11 is 0. The molecule has 6 nitrogen and oxygen atoms in total. The van der Waals surface area contributed by atoms with Gasteiger partial charge >= 0.3 is 0 Å². The molecule has 6 heteroatoms. The number of benzene rings is 2. The van der Waals surface area contributed by atoms with Gasteiger partial charge in [0.25, 0.3) is 11.8 Å². The molecule has 0 radical (unpaired) electrons. The molecule has 3 aromatic rings. The van der Waals surface area contributed by atoms with Crippen LogP contribution in [-0.4, -0.2) is 50.5 Å². The van der Waals surface area contributed by atoms with Crippen LogP contribution in [0.25, 0.3) is 5.69 Å². The minimum atomic E-state index is -0.0145. The molecule has 0 N–H and O–H groups in total. The molecule has 0 saturated carbocycles. The van der Waals surface area contributed by atoms with Crippen LogP contribution in [0.5, 0.6) is 0 Å². The lowest BCUT2D eigenvalue weighted by Crippen LogP contribution is -2.47. The highest BCUT2D eigenvalue weighted by Crippen LogP contribution is 2.40. The number of carbonyl (C=O) groups excluding carboxylic acids is 2. The third-order valence-electron chi connectivity index (χ3n) is 6.82. The molecule has 2 aromatic carbocycles. The van der Waals surface area contributed by atoms with Crippen molar-refractivity contribution >= 4 is 11.8 Å². The van der Waals surface area contributed by atoms with Crippen molar-refractivity contribution in [2.45, 2.75) is 45.7 Å². The Labute approximate surface area is 188 Å². The monoisotopic (exact) mass is 428 g/mol. The molecule has 0 bridgehead atoms. The lowest BCUT2D eigenvalue weighted by Gasteiger charge is -2.39. The number of fused-ring (bicyclic) bond motifs is 1. The van der Waals surface area contributed by atoms with Gasteiger partial charge in [0.05, 0.1) is 17.4 Å². The van der Waals surface area contributed by atoms with Crippen molar-refractivity contribution in [1.82, 2.24) is 19.6 Å². The predicted molar refractivity (Wildman–Crippen MR) is 123 cm³/mol. The Morgan fingerprint density at radius 2 is 1.62 bits per heavy atom. The quantitative estimate of drug-likeness (QED) is 0.625. The highest BCUT2D eigenvalue weighted by molar-refractivity contribution is 5.99. The van der Waals surface area contributed by atoms with Crippen molar-refractivity contribution in [2.75, 3.05) is 13.1 Å². The SMILES string of the molecule is Cc1ccc(C(=O)N2CCC(N3C(=O)c4c(c(C)nn4-c4ccccc4)C3C)CC2)cc1. The Hall–Kier alpha value is -3.41. The van der Waals surface area contributed by atoms with E-state index in [1.807, 2.05) is 78.2 Å². The first-order valence-corrected chi connectivity index (χ1v) is 11.3. The second kappa shape index (κ2) is 7.93. The van der Waals surface area contributed by atoms with Gasteiger partial charge in [-0.25, -0.2) is 4.68 Å². The molecule has 1 saturated heterocycles. The number of likely N-dealkylation sites (tertiary alicyclic amines) is 1. The minimum absolute atomic E-state index is 0.0145.